The van der Waals surface area contributed by atoms with Crippen LogP contribution in [0.2, 0.25) is 5.02 Å². The summed E-state index contributed by atoms with van der Waals surface area (Å²) in [5.74, 6) is -0.134. The van der Waals surface area contributed by atoms with Crippen LogP contribution in [0.15, 0.2) is 53.3 Å². The van der Waals surface area contributed by atoms with Crippen LogP contribution in [-0.2, 0) is 14.4 Å². The van der Waals surface area contributed by atoms with Crippen molar-refractivity contribution in [3.8, 4) is 11.6 Å². The number of aromatic nitrogens is 2. The van der Waals surface area contributed by atoms with E-state index in [1.54, 1.807) is 42.1 Å². The molecule has 0 bridgehead atoms. The van der Waals surface area contributed by atoms with Crippen molar-refractivity contribution in [3.05, 3.63) is 53.2 Å². The zero-order chi connectivity index (χ0) is 18.2. The summed E-state index contributed by atoms with van der Waals surface area (Å²) in [6, 6.07) is 9.02. The lowest BCUT2D eigenvalue weighted by molar-refractivity contribution is -0.132. The smallest absolute Gasteiger partial charge is 0.360 e. The van der Waals surface area contributed by atoms with Gasteiger partial charge in [-0.1, -0.05) is 16.8 Å². The fourth-order valence-corrected chi connectivity index (χ4v) is 2.05. The van der Waals surface area contributed by atoms with Gasteiger partial charge in [0.05, 0.1) is 12.8 Å². The van der Waals surface area contributed by atoms with Crippen LogP contribution < -0.4 is 4.74 Å². The Morgan fingerprint density at radius 2 is 2.00 bits per heavy atom. The minimum absolute atomic E-state index is 0.0836. The van der Waals surface area contributed by atoms with Gasteiger partial charge >= 0.3 is 5.97 Å². The molecule has 0 saturated heterocycles. The van der Waals surface area contributed by atoms with E-state index in [0.29, 0.717) is 16.5 Å². The fourth-order valence-electron chi connectivity index (χ4n) is 1.93. The van der Waals surface area contributed by atoms with Crippen LogP contribution in [0, 0.1) is 0 Å². The number of nitrogens with zero attached hydrogens (tertiary/aromatic N) is 3. The first-order valence-corrected chi connectivity index (χ1v) is 7.74. The summed E-state index contributed by atoms with van der Waals surface area (Å²) in [7, 11) is 2.64. The average Bonchev–Trinajstić information content (AvgIpc) is 3.08. The molecule has 0 radical (unpaired) electrons. The Kier molecular flexibility index (Phi) is 6.59. The first-order chi connectivity index (χ1) is 12.0. The van der Waals surface area contributed by atoms with Crippen molar-refractivity contribution in [2.75, 3.05) is 20.8 Å². The molecule has 1 aromatic carbocycles. The van der Waals surface area contributed by atoms with E-state index in [0.717, 1.165) is 5.69 Å². The lowest BCUT2D eigenvalue weighted by Crippen LogP contribution is -2.18. The van der Waals surface area contributed by atoms with Gasteiger partial charge in [0, 0.05) is 17.3 Å². The Morgan fingerprint density at radius 1 is 1.28 bits per heavy atom. The van der Waals surface area contributed by atoms with Gasteiger partial charge in [0.25, 0.3) is 0 Å². The summed E-state index contributed by atoms with van der Waals surface area (Å²) < 4.78 is 11.9. The van der Waals surface area contributed by atoms with Crippen LogP contribution >= 0.6 is 11.6 Å². The summed E-state index contributed by atoms with van der Waals surface area (Å²) in [6.45, 7) is 1.92. The quantitative estimate of drug-likeness (QED) is 0.429. The number of halogens is 1. The van der Waals surface area contributed by atoms with E-state index in [2.05, 4.69) is 19.8 Å². The molecule has 7 nitrogen and oxygen atoms in total. The third-order valence-corrected chi connectivity index (χ3v) is 3.46. The van der Waals surface area contributed by atoms with Crippen molar-refractivity contribution in [1.82, 2.24) is 9.78 Å². The third-order valence-electron chi connectivity index (χ3n) is 3.21. The van der Waals surface area contributed by atoms with Crippen LogP contribution in [0.5, 0.6) is 5.88 Å². The molecule has 0 atom stereocenters. The van der Waals surface area contributed by atoms with E-state index in [1.165, 1.54) is 14.2 Å². The molecule has 132 valence electrons. The van der Waals surface area contributed by atoms with Crippen molar-refractivity contribution in [2.45, 2.75) is 6.92 Å². The minimum atomic E-state index is -0.581. The molecule has 2 aromatic rings. The molecule has 1 aromatic heterocycles. The van der Waals surface area contributed by atoms with Crippen molar-refractivity contribution in [3.63, 3.8) is 0 Å². The first kappa shape index (κ1) is 18.5. The first-order valence-electron chi connectivity index (χ1n) is 7.36. The third kappa shape index (κ3) is 5.09. The van der Waals surface area contributed by atoms with Gasteiger partial charge in [0.2, 0.25) is 5.88 Å². The van der Waals surface area contributed by atoms with Crippen molar-refractivity contribution in [2.24, 2.45) is 5.16 Å². The van der Waals surface area contributed by atoms with Crippen LogP contribution in [0.25, 0.3) is 5.69 Å². The van der Waals surface area contributed by atoms with Gasteiger partial charge in [0.1, 0.15) is 13.7 Å². The summed E-state index contributed by atoms with van der Waals surface area (Å²) in [5.41, 5.74) is 1.53. The van der Waals surface area contributed by atoms with Gasteiger partial charge in [-0.15, -0.1) is 5.10 Å². The Morgan fingerprint density at radius 3 is 2.64 bits per heavy atom. The Bertz CT molecular complexity index is 781. The van der Waals surface area contributed by atoms with Crippen molar-refractivity contribution in [1.29, 1.82) is 0 Å². The second-order valence-corrected chi connectivity index (χ2v) is 5.32. The Hall–Kier alpha value is -2.80. The molecule has 2 rings (SSSR count). The van der Waals surface area contributed by atoms with E-state index in [9.17, 15) is 4.79 Å². The second-order valence-electron chi connectivity index (χ2n) is 4.89. The van der Waals surface area contributed by atoms with Gasteiger partial charge in [0.15, 0.2) is 5.71 Å². The molecular weight excluding hydrogens is 346 g/mol. The van der Waals surface area contributed by atoms with E-state index in [4.69, 9.17) is 16.3 Å². The monoisotopic (exact) mass is 363 g/mol. The van der Waals surface area contributed by atoms with Crippen molar-refractivity contribution >= 4 is 23.3 Å². The maximum atomic E-state index is 11.6. The van der Waals surface area contributed by atoms with Crippen LogP contribution in [-0.4, -0.2) is 42.3 Å². The average molecular weight is 364 g/mol. The number of rotatable bonds is 7. The number of carbonyl (C=O) groups is 1. The van der Waals surface area contributed by atoms with Crippen LogP contribution in [0.3, 0.4) is 0 Å². The fraction of sp³-hybridized carbons (Fsp3) is 0.235. The number of oxime groups is 1. The highest BCUT2D eigenvalue weighted by Crippen LogP contribution is 2.15. The number of ether oxygens (including phenoxy) is 2. The normalized spacial score (nSPS) is 12.0. The molecule has 0 amide bonds. The molecule has 0 aliphatic rings. The van der Waals surface area contributed by atoms with Gasteiger partial charge < -0.3 is 14.3 Å². The largest absolute Gasteiger partial charge is 0.472 e. The molecule has 0 fully saturated rings. The van der Waals surface area contributed by atoms with Crippen LogP contribution in [0.1, 0.15) is 6.92 Å². The van der Waals surface area contributed by atoms with E-state index >= 15 is 0 Å². The maximum Gasteiger partial charge on any atom is 0.360 e. The number of hydrogen-bond donors (Lipinski definition) is 0. The summed E-state index contributed by atoms with van der Waals surface area (Å²) >= 11 is 5.87. The number of esters is 1. The highest BCUT2D eigenvalue weighted by atomic mass is 35.5. The predicted octanol–water partition coefficient (Wildman–Crippen LogP) is 3.03. The molecule has 0 unspecified atom stereocenters. The SMILES string of the molecule is CO/N=C(C(=O)OC)/C(C)=C\COc1ccn(-c2ccc(Cl)cc2)n1. The van der Waals surface area contributed by atoms with Gasteiger partial charge in [-0.3, -0.25) is 0 Å². The molecule has 25 heavy (non-hydrogen) atoms. The van der Waals surface area contributed by atoms with Crippen molar-refractivity contribution < 1.29 is 19.1 Å². The molecule has 0 aliphatic heterocycles. The summed E-state index contributed by atoms with van der Waals surface area (Å²) in [6.07, 6.45) is 3.47. The molecule has 0 aliphatic carbocycles. The van der Waals surface area contributed by atoms with Gasteiger partial charge in [-0.05, 0) is 42.8 Å². The number of benzene rings is 1. The van der Waals surface area contributed by atoms with E-state index in [-0.39, 0.29) is 12.3 Å². The highest BCUT2D eigenvalue weighted by Gasteiger charge is 2.14. The van der Waals surface area contributed by atoms with Gasteiger partial charge in [-0.2, -0.15) is 0 Å². The lowest BCUT2D eigenvalue weighted by atomic mass is 10.2. The zero-order valence-electron chi connectivity index (χ0n) is 14.1. The maximum absolute atomic E-state index is 11.6. The Labute approximate surface area is 150 Å². The number of methoxy groups -OCH3 is 1. The zero-order valence-corrected chi connectivity index (χ0v) is 14.9. The van der Waals surface area contributed by atoms with E-state index in [1.807, 2.05) is 12.1 Å². The minimum Gasteiger partial charge on any atom is -0.472 e. The molecule has 0 spiro atoms. The Balaban J connectivity index is 2.00. The molecule has 1 heterocycles. The van der Waals surface area contributed by atoms with Gasteiger partial charge in [-0.25, -0.2) is 9.48 Å². The standard InChI is InChI=1S/C17H18ClN3O4/c1-12(16(20-24-3)17(22)23-2)9-11-25-15-8-10-21(19-15)14-6-4-13(18)5-7-14/h4-10H,11H2,1-3H3/b12-9-,20-16-. The van der Waals surface area contributed by atoms with Crippen LogP contribution in [0.4, 0.5) is 0 Å². The highest BCUT2D eigenvalue weighted by molar-refractivity contribution is 6.42. The number of carbonyl (C=O) groups excluding carboxylic acids is 1. The molecule has 8 heteroatoms. The molecule has 0 saturated carbocycles. The molecular formula is C17H18ClN3O4. The predicted molar refractivity (Wildman–Crippen MR) is 94.3 cm³/mol. The second kappa shape index (κ2) is 8.89. The van der Waals surface area contributed by atoms with E-state index < -0.39 is 5.97 Å². The topological polar surface area (TPSA) is 74.9 Å². The number of hydrogen-bond acceptors (Lipinski definition) is 6. The summed E-state index contributed by atoms with van der Waals surface area (Å²) in [4.78, 5) is 16.3. The lowest BCUT2D eigenvalue weighted by Gasteiger charge is -2.04. The summed E-state index contributed by atoms with van der Waals surface area (Å²) in [5, 5.41) is 8.63. The molecule has 0 N–H and O–H groups in total.